The molecule has 0 spiro atoms. The number of nitrogens with zero attached hydrogens (tertiary/aromatic N) is 2. The maximum absolute atomic E-state index is 13.0. The van der Waals surface area contributed by atoms with Gasteiger partial charge in [0.15, 0.2) is 0 Å². The van der Waals surface area contributed by atoms with Gasteiger partial charge < -0.3 is 5.32 Å². The number of nitrogens with one attached hydrogen (secondary N) is 1. The molecule has 4 aromatic rings. The number of carbonyl (C=O) groups excluding carboxylic acids is 1. The summed E-state index contributed by atoms with van der Waals surface area (Å²) in [4.78, 5) is 26.9. The molecule has 1 N–H and O–H groups in total. The standard InChI is InChI=1S/C24H23N3O2S/c1-15(2)17-11-6-8-16(3)22(17)25-21(28)14-27-24(29)19-10-5-4-9-18(19)23(26-27)20-12-7-13-30-20/h4-13,15H,14H2,1-3H3,(H,25,28). The highest BCUT2D eigenvalue weighted by Crippen LogP contribution is 2.29. The quantitative estimate of drug-likeness (QED) is 0.486. The first-order chi connectivity index (χ1) is 14.5. The van der Waals surface area contributed by atoms with E-state index in [-0.39, 0.29) is 23.9 Å². The number of hydrogen-bond acceptors (Lipinski definition) is 4. The van der Waals surface area contributed by atoms with E-state index in [1.165, 1.54) is 4.68 Å². The van der Waals surface area contributed by atoms with Gasteiger partial charge >= 0.3 is 0 Å². The van der Waals surface area contributed by atoms with E-state index < -0.39 is 0 Å². The van der Waals surface area contributed by atoms with E-state index in [0.29, 0.717) is 11.1 Å². The van der Waals surface area contributed by atoms with Crippen molar-refractivity contribution in [3.05, 3.63) is 81.5 Å². The number of para-hydroxylation sites is 1. The van der Waals surface area contributed by atoms with Gasteiger partial charge in [-0.05, 0) is 41.5 Å². The topological polar surface area (TPSA) is 64.0 Å². The number of carbonyl (C=O) groups is 1. The second-order valence-electron chi connectivity index (χ2n) is 7.58. The van der Waals surface area contributed by atoms with E-state index in [1.807, 2.05) is 60.8 Å². The van der Waals surface area contributed by atoms with Crippen molar-refractivity contribution in [2.75, 3.05) is 5.32 Å². The average Bonchev–Trinajstić information content (AvgIpc) is 3.26. The zero-order chi connectivity index (χ0) is 21.3. The highest BCUT2D eigenvalue weighted by molar-refractivity contribution is 7.13. The van der Waals surface area contributed by atoms with Crippen molar-refractivity contribution >= 4 is 33.7 Å². The van der Waals surface area contributed by atoms with Crippen LogP contribution in [0.4, 0.5) is 5.69 Å². The molecule has 0 unspecified atom stereocenters. The Bertz CT molecular complexity index is 1270. The van der Waals surface area contributed by atoms with E-state index in [4.69, 9.17) is 0 Å². The van der Waals surface area contributed by atoms with Crippen molar-refractivity contribution in [2.24, 2.45) is 0 Å². The van der Waals surface area contributed by atoms with Crippen molar-refractivity contribution in [1.29, 1.82) is 0 Å². The first-order valence-electron chi connectivity index (χ1n) is 9.89. The van der Waals surface area contributed by atoms with Gasteiger partial charge in [0.2, 0.25) is 5.91 Å². The SMILES string of the molecule is Cc1cccc(C(C)C)c1NC(=O)Cn1nc(-c2cccs2)c2ccccc2c1=O. The Morgan fingerprint density at radius 1 is 1.07 bits per heavy atom. The zero-order valence-corrected chi connectivity index (χ0v) is 18.0. The third-order valence-corrected chi connectivity index (χ3v) is 5.98. The Balaban J connectivity index is 1.72. The highest BCUT2D eigenvalue weighted by atomic mass is 32.1. The van der Waals surface area contributed by atoms with Crippen molar-refractivity contribution in [3.63, 3.8) is 0 Å². The molecule has 0 bridgehead atoms. The molecule has 0 atom stereocenters. The summed E-state index contributed by atoms with van der Waals surface area (Å²) in [5, 5.41) is 10.9. The Kier molecular flexibility index (Phi) is 5.50. The Morgan fingerprint density at radius 3 is 2.53 bits per heavy atom. The lowest BCUT2D eigenvalue weighted by Gasteiger charge is -2.17. The molecule has 152 valence electrons. The molecule has 2 heterocycles. The molecule has 0 saturated heterocycles. The minimum absolute atomic E-state index is 0.145. The number of benzene rings is 2. The number of thiophene rings is 1. The molecule has 0 radical (unpaired) electrons. The fourth-order valence-electron chi connectivity index (χ4n) is 3.59. The molecule has 2 aromatic heterocycles. The van der Waals surface area contributed by atoms with E-state index in [2.05, 4.69) is 24.3 Å². The van der Waals surface area contributed by atoms with Crippen LogP contribution in [0, 0.1) is 6.92 Å². The Morgan fingerprint density at radius 2 is 1.83 bits per heavy atom. The monoisotopic (exact) mass is 417 g/mol. The van der Waals surface area contributed by atoms with Gasteiger partial charge in [-0.2, -0.15) is 5.10 Å². The lowest BCUT2D eigenvalue weighted by molar-refractivity contribution is -0.117. The normalized spacial score (nSPS) is 11.2. The summed E-state index contributed by atoms with van der Waals surface area (Å²) in [7, 11) is 0. The van der Waals surface area contributed by atoms with Gasteiger partial charge in [0, 0.05) is 11.1 Å². The molecule has 0 aliphatic heterocycles. The number of aromatic nitrogens is 2. The van der Waals surface area contributed by atoms with Gasteiger partial charge in [0.1, 0.15) is 12.2 Å². The summed E-state index contributed by atoms with van der Waals surface area (Å²) in [5.74, 6) is 0.000332. The number of aryl methyl sites for hydroxylation is 1. The molecule has 0 aliphatic rings. The zero-order valence-electron chi connectivity index (χ0n) is 17.2. The van der Waals surface area contributed by atoms with Crippen molar-refractivity contribution in [3.8, 4) is 10.6 Å². The molecule has 6 heteroatoms. The van der Waals surface area contributed by atoms with Crippen LogP contribution in [0.1, 0.15) is 30.9 Å². The molecule has 30 heavy (non-hydrogen) atoms. The van der Waals surface area contributed by atoms with Gasteiger partial charge in [0.25, 0.3) is 5.56 Å². The second-order valence-corrected chi connectivity index (χ2v) is 8.52. The first kappa shape index (κ1) is 20.0. The summed E-state index contributed by atoms with van der Waals surface area (Å²) in [5.41, 5.74) is 3.32. The van der Waals surface area contributed by atoms with Crippen LogP contribution < -0.4 is 10.9 Å². The van der Waals surface area contributed by atoms with Gasteiger partial charge in [-0.25, -0.2) is 4.68 Å². The van der Waals surface area contributed by atoms with Crippen molar-refractivity contribution in [2.45, 2.75) is 33.2 Å². The number of rotatable bonds is 5. The van der Waals surface area contributed by atoms with Crippen LogP contribution in [0.2, 0.25) is 0 Å². The van der Waals surface area contributed by atoms with Crippen LogP contribution in [-0.2, 0) is 11.3 Å². The third-order valence-electron chi connectivity index (χ3n) is 5.11. The minimum Gasteiger partial charge on any atom is -0.324 e. The summed E-state index contributed by atoms with van der Waals surface area (Å²) in [6.45, 7) is 6.00. The van der Waals surface area contributed by atoms with Crippen LogP contribution in [0.5, 0.6) is 0 Å². The number of hydrogen-bond donors (Lipinski definition) is 1. The lowest BCUT2D eigenvalue weighted by atomic mass is 9.98. The van der Waals surface area contributed by atoms with Crippen LogP contribution >= 0.6 is 11.3 Å². The summed E-state index contributed by atoms with van der Waals surface area (Å²) in [6.07, 6.45) is 0. The molecule has 2 aromatic carbocycles. The lowest BCUT2D eigenvalue weighted by Crippen LogP contribution is -2.30. The fourth-order valence-corrected chi connectivity index (χ4v) is 4.32. The molecule has 1 amide bonds. The molecule has 0 fully saturated rings. The third kappa shape index (κ3) is 3.78. The highest BCUT2D eigenvalue weighted by Gasteiger charge is 2.16. The van der Waals surface area contributed by atoms with Crippen molar-refractivity contribution in [1.82, 2.24) is 9.78 Å². The maximum Gasteiger partial charge on any atom is 0.275 e. The smallest absolute Gasteiger partial charge is 0.275 e. The molecular formula is C24H23N3O2S. The van der Waals surface area contributed by atoms with E-state index in [1.54, 1.807) is 17.4 Å². The second kappa shape index (κ2) is 8.24. The van der Waals surface area contributed by atoms with Gasteiger partial charge in [0.05, 0.1) is 10.3 Å². The van der Waals surface area contributed by atoms with Gasteiger partial charge in [-0.3, -0.25) is 9.59 Å². The molecule has 4 rings (SSSR count). The molecule has 0 saturated carbocycles. The average molecular weight is 418 g/mol. The Labute approximate surface area is 179 Å². The predicted molar refractivity (Wildman–Crippen MR) is 123 cm³/mol. The van der Waals surface area contributed by atoms with Gasteiger partial charge in [-0.15, -0.1) is 11.3 Å². The maximum atomic E-state index is 13.0. The Hall–Kier alpha value is -3.25. The summed E-state index contributed by atoms with van der Waals surface area (Å²) < 4.78 is 1.26. The van der Waals surface area contributed by atoms with Crippen LogP contribution in [0.15, 0.2) is 64.8 Å². The molecular weight excluding hydrogens is 394 g/mol. The van der Waals surface area contributed by atoms with E-state index >= 15 is 0 Å². The minimum atomic E-state index is -0.270. The number of amides is 1. The van der Waals surface area contributed by atoms with Crippen LogP contribution in [-0.4, -0.2) is 15.7 Å². The van der Waals surface area contributed by atoms with Gasteiger partial charge in [-0.1, -0.05) is 56.3 Å². The molecule has 5 nitrogen and oxygen atoms in total. The first-order valence-corrected chi connectivity index (χ1v) is 10.8. The number of fused-ring (bicyclic) bond motifs is 1. The van der Waals surface area contributed by atoms with E-state index in [9.17, 15) is 9.59 Å². The fraction of sp³-hybridized carbons (Fsp3) is 0.208. The van der Waals surface area contributed by atoms with Crippen LogP contribution in [0.25, 0.3) is 21.3 Å². The predicted octanol–water partition coefficient (Wildman–Crippen LogP) is 5.20. The molecule has 0 aliphatic carbocycles. The van der Waals surface area contributed by atoms with Crippen molar-refractivity contribution < 1.29 is 4.79 Å². The largest absolute Gasteiger partial charge is 0.324 e. The van der Waals surface area contributed by atoms with E-state index in [0.717, 1.165) is 27.1 Å². The number of anilines is 1. The van der Waals surface area contributed by atoms with Crippen LogP contribution in [0.3, 0.4) is 0 Å². The summed E-state index contributed by atoms with van der Waals surface area (Å²) in [6, 6.07) is 17.3. The summed E-state index contributed by atoms with van der Waals surface area (Å²) >= 11 is 1.56.